The van der Waals surface area contributed by atoms with Crippen molar-refractivity contribution in [1.29, 1.82) is 0 Å². The number of aryl methyl sites for hydroxylation is 2. The first-order valence-corrected chi connectivity index (χ1v) is 8.29. The van der Waals surface area contributed by atoms with Crippen LogP contribution in [0.25, 0.3) is 0 Å². The van der Waals surface area contributed by atoms with Crippen LogP contribution in [0.3, 0.4) is 0 Å². The summed E-state index contributed by atoms with van der Waals surface area (Å²) in [5, 5.41) is 9.96. The quantitative estimate of drug-likeness (QED) is 0.607. The number of aromatic hydroxyl groups is 1. The number of ether oxygens (including phenoxy) is 1. The van der Waals surface area contributed by atoms with Crippen LogP contribution < -0.4 is 4.74 Å². The van der Waals surface area contributed by atoms with Crippen molar-refractivity contribution in [2.24, 2.45) is 0 Å². The molecule has 1 aromatic heterocycles. The Morgan fingerprint density at radius 3 is 2.05 bits per heavy atom. The summed E-state index contributed by atoms with van der Waals surface area (Å²) >= 11 is 0. The summed E-state index contributed by atoms with van der Waals surface area (Å²) < 4.78 is 5.05. The Balaban J connectivity index is 2.19. The van der Waals surface area contributed by atoms with Gasteiger partial charge in [-0.15, -0.1) is 0 Å². The molecule has 0 radical (unpaired) electrons. The number of methoxy groups -OCH3 is 1. The molecule has 21 heavy (non-hydrogen) atoms. The second kappa shape index (κ2) is 10.4. The number of hydrogen-bond acceptors (Lipinski definition) is 4. The minimum atomic E-state index is 0.218. The normalized spacial score (nSPS) is 10.8. The standard InChI is InChI=1S/C17H30N2O2/c1-4-5-6-7-8-9-10-11-12-13-15-16(20)14(2)18-17(19-15)21-3/h20H,4-13H2,1-3H3. The summed E-state index contributed by atoms with van der Waals surface area (Å²) in [5.74, 6) is 0.218. The lowest BCUT2D eigenvalue weighted by Gasteiger charge is -2.08. The second-order valence-corrected chi connectivity index (χ2v) is 5.67. The van der Waals surface area contributed by atoms with E-state index in [4.69, 9.17) is 4.74 Å². The van der Waals surface area contributed by atoms with Gasteiger partial charge in [-0.3, -0.25) is 0 Å². The number of aromatic nitrogens is 2. The minimum Gasteiger partial charge on any atom is -0.504 e. The first-order chi connectivity index (χ1) is 10.2. The topological polar surface area (TPSA) is 55.2 Å². The molecule has 0 spiro atoms. The Morgan fingerprint density at radius 2 is 1.48 bits per heavy atom. The molecule has 0 unspecified atom stereocenters. The summed E-state index contributed by atoms with van der Waals surface area (Å²) in [6.45, 7) is 4.03. The van der Waals surface area contributed by atoms with E-state index in [9.17, 15) is 5.11 Å². The average Bonchev–Trinajstić information content (AvgIpc) is 2.49. The molecular formula is C17H30N2O2. The summed E-state index contributed by atoms with van der Waals surface area (Å²) in [6, 6.07) is 0.344. The summed E-state index contributed by atoms with van der Waals surface area (Å²) in [5.41, 5.74) is 1.30. The minimum absolute atomic E-state index is 0.218. The molecule has 0 fully saturated rings. The molecule has 4 nitrogen and oxygen atoms in total. The van der Waals surface area contributed by atoms with Crippen molar-refractivity contribution in [3.63, 3.8) is 0 Å². The van der Waals surface area contributed by atoms with Gasteiger partial charge in [0.2, 0.25) is 0 Å². The van der Waals surface area contributed by atoms with Crippen molar-refractivity contribution in [1.82, 2.24) is 9.97 Å². The number of hydrogen-bond donors (Lipinski definition) is 1. The van der Waals surface area contributed by atoms with E-state index in [0.29, 0.717) is 17.4 Å². The van der Waals surface area contributed by atoms with Crippen molar-refractivity contribution < 1.29 is 9.84 Å². The lowest BCUT2D eigenvalue weighted by Crippen LogP contribution is -2.00. The van der Waals surface area contributed by atoms with Crippen LogP contribution >= 0.6 is 0 Å². The van der Waals surface area contributed by atoms with Crippen LogP contribution in [-0.4, -0.2) is 22.2 Å². The van der Waals surface area contributed by atoms with E-state index >= 15 is 0 Å². The van der Waals surface area contributed by atoms with Crippen LogP contribution in [0, 0.1) is 6.92 Å². The third kappa shape index (κ3) is 6.78. The third-order valence-corrected chi connectivity index (χ3v) is 3.81. The fraction of sp³-hybridized carbons (Fsp3) is 0.765. The zero-order valence-corrected chi connectivity index (χ0v) is 13.8. The van der Waals surface area contributed by atoms with E-state index < -0.39 is 0 Å². The molecule has 1 heterocycles. The highest BCUT2D eigenvalue weighted by molar-refractivity contribution is 5.31. The van der Waals surface area contributed by atoms with Crippen LogP contribution in [0.1, 0.15) is 76.1 Å². The summed E-state index contributed by atoms with van der Waals surface area (Å²) in [7, 11) is 1.55. The first kappa shape index (κ1) is 17.7. The third-order valence-electron chi connectivity index (χ3n) is 3.81. The second-order valence-electron chi connectivity index (χ2n) is 5.67. The van der Waals surface area contributed by atoms with Crippen LogP contribution in [-0.2, 0) is 6.42 Å². The molecule has 120 valence electrons. The van der Waals surface area contributed by atoms with E-state index in [1.54, 1.807) is 14.0 Å². The smallest absolute Gasteiger partial charge is 0.316 e. The molecule has 0 amide bonds. The van der Waals surface area contributed by atoms with Gasteiger partial charge in [-0.25, -0.2) is 0 Å². The zero-order chi connectivity index (χ0) is 15.5. The molecule has 0 saturated carbocycles. The lowest BCUT2D eigenvalue weighted by atomic mass is 10.1. The molecule has 1 N–H and O–H groups in total. The molecule has 0 aromatic carbocycles. The largest absolute Gasteiger partial charge is 0.504 e. The van der Waals surface area contributed by atoms with Gasteiger partial charge in [0.05, 0.1) is 18.5 Å². The molecule has 0 aliphatic heterocycles. The summed E-state index contributed by atoms with van der Waals surface area (Å²) in [4.78, 5) is 8.30. The fourth-order valence-corrected chi connectivity index (χ4v) is 2.47. The summed E-state index contributed by atoms with van der Waals surface area (Å²) in [6.07, 6.45) is 12.4. The maximum atomic E-state index is 9.96. The van der Waals surface area contributed by atoms with Gasteiger partial charge in [-0.1, -0.05) is 58.3 Å². The maximum absolute atomic E-state index is 9.96. The molecule has 0 aliphatic carbocycles. The number of nitrogens with zero attached hydrogens (tertiary/aromatic N) is 2. The molecule has 0 bridgehead atoms. The number of rotatable bonds is 11. The Morgan fingerprint density at radius 1 is 0.905 bits per heavy atom. The molecule has 4 heteroatoms. The van der Waals surface area contributed by atoms with Gasteiger partial charge in [-0.05, 0) is 19.8 Å². The predicted molar refractivity (Wildman–Crippen MR) is 85.9 cm³/mol. The molecule has 0 saturated heterocycles. The Kier molecular flexibility index (Phi) is 8.79. The van der Waals surface area contributed by atoms with Crippen molar-refractivity contribution >= 4 is 0 Å². The Bertz CT molecular complexity index is 408. The SMILES string of the molecule is CCCCCCCCCCCc1nc(OC)nc(C)c1O. The van der Waals surface area contributed by atoms with Gasteiger partial charge in [-0.2, -0.15) is 9.97 Å². The van der Waals surface area contributed by atoms with Gasteiger partial charge in [0.1, 0.15) is 0 Å². The van der Waals surface area contributed by atoms with E-state index in [1.807, 2.05) is 0 Å². The van der Waals surface area contributed by atoms with Crippen molar-refractivity contribution in [2.75, 3.05) is 7.11 Å². The zero-order valence-electron chi connectivity index (χ0n) is 13.8. The lowest BCUT2D eigenvalue weighted by molar-refractivity contribution is 0.368. The molecule has 0 atom stereocenters. The van der Waals surface area contributed by atoms with Gasteiger partial charge < -0.3 is 9.84 Å². The van der Waals surface area contributed by atoms with E-state index in [0.717, 1.165) is 12.8 Å². The van der Waals surface area contributed by atoms with E-state index in [1.165, 1.54) is 51.4 Å². The van der Waals surface area contributed by atoms with Gasteiger partial charge in [0.25, 0.3) is 0 Å². The molecule has 1 rings (SSSR count). The maximum Gasteiger partial charge on any atom is 0.316 e. The predicted octanol–water partition coefficient (Wildman–Crippen LogP) is 4.57. The van der Waals surface area contributed by atoms with Crippen LogP contribution in [0.5, 0.6) is 11.8 Å². The van der Waals surface area contributed by atoms with Crippen LogP contribution in [0.4, 0.5) is 0 Å². The highest BCUT2D eigenvalue weighted by atomic mass is 16.5. The van der Waals surface area contributed by atoms with Gasteiger partial charge >= 0.3 is 6.01 Å². The van der Waals surface area contributed by atoms with E-state index in [2.05, 4.69) is 16.9 Å². The van der Waals surface area contributed by atoms with Gasteiger partial charge in [0, 0.05) is 0 Å². The Labute approximate surface area is 129 Å². The monoisotopic (exact) mass is 294 g/mol. The van der Waals surface area contributed by atoms with E-state index in [-0.39, 0.29) is 5.75 Å². The molecule has 1 aromatic rings. The van der Waals surface area contributed by atoms with Crippen molar-refractivity contribution in [3.05, 3.63) is 11.4 Å². The average molecular weight is 294 g/mol. The van der Waals surface area contributed by atoms with Crippen LogP contribution in [0.15, 0.2) is 0 Å². The van der Waals surface area contributed by atoms with Gasteiger partial charge in [0.15, 0.2) is 5.75 Å². The van der Waals surface area contributed by atoms with Crippen LogP contribution in [0.2, 0.25) is 0 Å². The first-order valence-electron chi connectivity index (χ1n) is 8.29. The van der Waals surface area contributed by atoms with Crippen molar-refractivity contribution in [3.8, 4) is 11.8 Å². The molecule has 0 aliphatic rings. The number of unbranched alkanes of at least 4 members (excludes halogenated alkanes) is 8. The highest BCUT2D eigenvalue weighted by Crippen LogP contribution is 2.23. The highest BCUT2D eigenvalue weighted by Gasteiger charge is 2.10. The Hall–Kier alpha value is -1.32. The molecular weight excluding hydrogens is 264 g/mol. The fourth-order valence-electron chi connectivity index (χ4n) is 2.47. The van der Waals surface area contributed by atoms with Crippen molar-refractivity contribution in [2.45, 2.75) is 78.1 Å².